The molecule has 0 heterocycles. The Morgan fingerprint density at radius 1 is 1.56 bits per heavy atom. The molecule has 0 N–H and O–H groups in total. The highest BCUT2D eigenvalue weighted by molar-refractivity contribution is 6.27. The van der Waals surface area contributed by atoms with Crippen LogP contribution < -0.4 is 0 Å². The van der Waals surface area contributed by atoms with Crippen LogP contribution in [0.3, 0.4) is 0 Å². The summed E-state index contributed by atoms with van der Waals surface area (Å²) < 4.78 is 5.42. The van der Waals surface area contributed by atoms with Crippen LogP contribution >= 0.6 is 11.6 Å². The Morgan fingerprint density at radius 2 is 2.22 bits per heavy atom. The molecule has 0 amide bonds. The Bertz CT molecular complexity index is 59.0. The average Bonchev–Trinajstić information content (AvgIpc) is 1.80. The lowest BCUT2D eigenvalue weighted by Gasteiger charge is -2.04. The molecule has 0 fully saturated rings. The molecule has 0 aliphatic carbocycles. The molecule has 0 aromatic rings. The van der Waals surface area contributed by atoms with Crippen LogP contribution in [0.5, 0.6) is 0 Å². The highest BCUT2D eigenvalue weighted by Gasteiger charge is 1.92. The number of halogens is 1. The van der Waals surface area contributed by atoms with E-state index in [0.29, 0.717) is 6.10 Å². The topological polar surface area (TPSA) is 9.23 Å². The van der Waals surface area contributed by atoms with Gasteiger partial charge in [-0.2, -0.15) is 0 Å². The molecule has 0 unspecified atom stereocenters. The molecule has 0 aliphatic rings. The Labute approximate surface area is 64.7 Å². The molecule has 0 aromatic carbocycles. The van der Waals surface area contributed by atoms with Gasteiger partial charge in [0.15, 0.2) is 9.76 Å². The van der Waals surface area contributed by atoms with Crippen molar-refractivity contribution in [3.63, 3.8) is 0 Å². The second-order valence-electron chi connectivity index (χ2n) is 2.32. The van der Waals surface area contributed by atoms with Crippen molar-refractivity contribution >= 4 is 21.4 Å². The van der Waals surface area contributed by atoms with Gasteiger partial charge in [-0.05, 0) is 26.3 Å². The van der Waals surface area contributed by atoms with Crippen LogP contribution in [0.15, 0.2) is 0 Å². The van der Waals surface area contributed by atoms with Gasteiger partial charge in [0.1, 0.15) is 0 Å². The Balaban J connectivity index is 2.75. The maximum absolute atomic E-state index is 5.48. The molecule has 0 saturated carbocycles. The second-order valence-corrected chi connectivity index (χ2v) is 4.14. The van der Waals surface area contributed by atoms with Gasteiger partial charge in [0.25, 0.3) is 0 Å². The summed E-state index contributed by atoms with van der Waals surface area (Å²) >= 11 is 5.48. The zero-order valence-corrected chi connectivity index (χ0v) is 8.36. The van der Waals surface area contributed by atoms with Gasteiger partial charge >= 0.3 is 0 Å². The summed E-state index contributed by atoms with van der Waals surface area (Å²) in [6, 6.07) is 1.22. The van der Waals surface area contributed by atoms with Gasteiger partial charge in [0.2, 0.25) is 0 Å². The van der Waals surface area contributed by atoms with E-state index in [1.807, 2.05) is 0 Å². The fourth-order valence-electron chi connectivity index (χ4n) is 0.516. The van der Waals surface area contributed by atoms with E-state index >= 15 is 0 Å². The molecule has 0 rings (SSSR count). The maximum atomic E-state index is 5.48. The van der Waals surface area contributed by atoms with Crippen molar-refractivity contribution < 1.29 is 4.43 Å². The zero-order valence-electron chi connectivity index (χ0n) is 6.19. The van der Waals surface area contributed by atoms with Gasteiger partial charge in [-0.1, -0.05) is 0 Å². The lowest BCUT2D eigenvalue weighted by molar-refractivity contribution is 0.255. The minimum absolute atomic E-state index is 0.232. The van der Waals surface area contributed by atoms with Crippen LogP contribution in [0, 0.1) is 0 Å². The molecule has 3 heteroatoms. The molecule has 0 saturated heterocycles. The summed E-state index contributed by atoms with van der Waals surface area (Å²) in [5, 5.41) is 0. The third-order valence-corrected chi connectivity index (χ3v) is 2.94. The standard InChI is InChI=1S/C6H15ClOSi/c1-6(2)8-9-5-3-4-7/h6H,3-5,9H2,1-2H3. The van der Waals surface area contributed by atoms with Crippen LogP contribution in [-0.4, -0.2) is 21.7 Å². The van der Waals surface area contributed by atoms with E-state index in [4.69, 9.17) is 16.0 Å². The monoisotopic (exact) mass is 166 g/mol. The van der Waals surface area contributed by atoms with E-state index in [1.54, 1.807) is 0 Å². The van der Waals surface area contributed by atoms with Crippen LogP contribution in [0.25, 0.3) is 0 Å². The van der Waals surface area contributed by atoms with Crippen molar-refractivity contribution in [3.05, 3.63) is 0 Å². The summed E-state index contributed by atoms with van der Waals surface area (Å²) in [6.07, 6.45) is 1.55. The Morgan fingerprint density at radius 3 is 2.67 bits per heavy atom. The largest absolute Gasteiger partial charge is 0.422 e. The number of hydrogen-bond acceptors (Lipinski definition) is 1. The normalized spacial score (nSPS) is 12.0. The summed E-state index contributed by atoms with van der Waals surface area (Å²) in [5.74, 6) is 0.786. The minimum atomic E-state index is -0.232. The van der Waals surface area contributed by atoms with Gasteiger partial charge in [0, 0.05) is 12.0 Å². The van der Waals surface area contributed by atoms with Crippen molar-refractivity contribution in [2.45, 2.75) is 32.4 Å². The highest BCUT2D eigenvalue weighted by Crippen LogP contribution is 1.94. The molecule has 0 bridgehead atoms. The van der Waals surface area contributed by atoms with E-state index in [1.165, 1.54) is 6.04 Å². The SMILES string of the molecule is CC(C)O[SiH2]CCCCl. The first-order valence-corrected chi connectivity index (χ1v) is 5.56. The molecule has 0 aliphatic heterocycles. The molecular formula is C6H15ClOSi. The molecule has 0 aromatic heterocycles. The molecule has 9 heavy (non-hydrogen) atoms. The zero-order chi connectivity index (χ0) is 7.11. The summed E-state index contributed by atoms with van der Waals surface area (Å²) in [5.41, 5.74) is 0. The Kier molecular flexibility index (Phi) is 6.93. The van der Waals surface area contributed by atoms with Crippen LogP contribution in [0.1, 0.15) is 20.3 Å². The number of rotatable bonds is 5. The predicted molar refractivity (Wildman–Crippen MR) is 44.9 cm³/mol. The van der Waals surface area contributed by atoms with Crippen LogP contribution in [0.4, 0.5) is 0 Å². The summed E-state index contributed by atoms with van der Waals surface area (Å²) in [4.78, 5) is 0. The summed E-state index contributed by atoms with van der Waals surface area (Å²) in [7, 11) is -0.232. The van der Waals surface area contributed by atoms with E-state index in [-0.39, 0.29) is 9.76 Å². The van der Waals surface area contributed by atoms with E-state index in [2.05, 4.69) is 13.8 Å². The first kappa shape index (κ1) is 9.47. The smallest absolute Gasteiger partial charge is 0.161 e. The van der Waals surface area contributed by atoms with E-state index in [9.17, 15) is 0 Å². The van der Waals surface area contributed by atoms with Crippen LogP contribution in [-0.2, 0) is 4.43 Å². The molecule has 0 spiro atoms. The van der Waals surface area contributed by atoms with E-state index in [0.717, 1.165) is 12.3 Å². The van der Waals surface area contributed by atoms with Crippen LogP contribution in [0.2, 0.25) is 6.04 Å². The quantitative estimate of drug-likeness (QED) is 0.342. The van der Waals surface area contributed by atoms with Gasteiger partial charge in [-0.3, -0.25) is 0 Å². The Hall–Kier alpha value is 0.467. The van der Waals surface area contributed by atoms with E-state index < -0.39 is 0 Å². The third kappa shape index (κ3) is 8.47. The highest BCUT2D eigenvalue weighted by atomic mass is 35.5. The van der Waals surface area contributed by atoms with Crippen molar-refractivity contribution in [1.82, 2.24) is 0 Å². The first-order valence-electron chi connectivity index (χ1n) is 3.45. The van der Waals surface area contributed by atoms with Crippen molar-refractivity contribution in [3.8, 4) is 0 Å². The lowest BCUT2D eigenvalue weighted by Crippen LogP contribution is -2.06. The number of alkyl halides is 1. The van der Waals surface area contributed by atoms with Crippen molar-refractivity contribution in [2.75, 3.05) is 5.88 Å². The fourth-order valence-corrected chi connectivity index (χ4v) is 2.11. The number of hydrogen-bond donors (Lipinski definition) is 0. The lowest BCUT2D eigenvalue weighted by atomic mass is 10.5. The molecule has 0 atom stereocenters. The van der Waals surface area contributed by atoms with Crippen molar-refractivity contribution in [2.24, 2.45) is 0 Å². The molecular weight excluding hydrogens is 152 g/mol. The van der Waals surface area contributed by atoms with Crippen molar-refractivity contribution in [1.29, 1.82) is 0 Å². The fraction of sp³-hybridized carbons (Fsp3) is 1.00. The first-order chi connectivity index (χ1) is 4.27. The van der Waals surface area contributed by atoms with Gasteiger partial charge in [0.05, 0.1) is 0 Å². The molecule has 56 valence electrons. The minimum Gasteiger partial charge on any atom is -0.422 e. The maximum Gasteiger partial charge on any atom is 0.161 e. The molecule has 0 radical (unpaired) electrons. The van der Waals surface area contributed by atoms with Gasteiger partial charge in [-0.15, -0.1) is 11.6 Å². The van der Waals surface area contributed by atoms with Gasteiger partial charge < -0.3 is 4.43 Å². The third-order valence-electron chi connectivity index (χ3n) is 0.979. The second kappa shape index (κ2) is 6.58. The average molecular weight is 167 g/mol. The molecule has 1 nitrogen and oxygen atoms in total. The summed E-state index contributed by atoms with van der Waals surface area (Å²) in [6.45, 7) is 4.15. The predicted octanol–water partition coefficient (Wildman–Crippen LogP) is 1.54. The van der Waals surface area contributed by atoms with Gasteiger partial charge in [-0.25, -0.2) is 0 Å².